The third-order valence-corrected chi connectivity index (χ3v) is 3.00. The maximum Gasteiger partial charge on any atom is 0.339 e. The molecule has 1 aromatic rings. The van der Waals surface area contributed by atoms with Gasteiger partial charge < -0.3 is 9.47 Å². The summed E-state index contributed by atoms with van der Waals surface area (Å²) in [5.41, 5.74) is -0.479. The maximum atomic E-state index is 11.4. The lowest BCUT2D eigenvalue weighted by Crippen LogP contribution is -2.12. The fraction of sp³-hybridized carbons (Fsp3) is 0.200. The Morgan fingerprint density at radius 3 is 2.11 bits per heavy atom. The van der Waals surface area contributed by atoms with Crippen LogP contribution in [0, 0.1) is 0 Å². The van der Waals surface area contributed by atoms with Crippen molar-refractivity contribution >= 4 is 22.1 Å². The van der Waals surface area contributed by atoms with Crippen LogP contribution in [0.25, 0.3) is 0 Å². The van der Waals surface area contributed by atoms with Crippen LogP contribution in [-0.2, 0) is 19.6 Å². The standard InChI is InChI=1S/C10H10O7S/c1-16-9(11)6-3-4-8(18(13,14)15)7(5-6)10(12)17-2/h3-5H,1-2H3,(H,13,14,15). The van der Waals surface area contributed by atoms with Gasteiger partial charge in [0.05, 0.1) is 25.3 Å². The first-order chi connectivity index (χ1) is 8.31. The van der Waals surface area contributed by atoms with Gasteiger partial charge >= 0.3 is 11.9 Å². The van der Waals surface area contributed by atoms with Crippen molar-refractivity contribution in [1.82, 2.24) is 0 Å². The van der Waals surface area contributed by atoms with Gasteiger partial charge in [0, 0.05) is 0 Å². The zero-order valence-corrected chi connectivity index (χ0v) is 10.4. The number of carbonyl (C=O) groups excluding carboxylic acids is 2. The van der Waals surface area contributed by atoms with Crippen LogP contribution >= 0.6 is 0 Å². The minimum absolute atomic E-state index is 0.0368. The Hall–Kier alpha value is -1.93. The molecule has 0 fully saturated rings. The summed E-state index contributed by atoms with van der Waals surface area (Å²) < 4.78 is 39.9. The highest BCUT2D eigenvalue weighted by molar-refractivity contribution is 7.86. The van der Waals surface area contributed by atoms with E-state index < -0.39 is 32.5 Å². The van der Waals surface area contributed by atoms with E-state index in [9.17, 15) is 18.0 Å². The van der Waals surface area contributed by atoms with Crippen molar-refractivity contribution in [3.05, 3.63) is 29.3 Å². The smallest absolute Gasteiger partial charge is 0.339 e. The van der Waals surface area contributed by atoms with Gasteiger partial charge in [-0.05, 0) is 18.2 Å². The van der Waals surface area contributed by atoms with Gasteiger partial charge in [-0.15, -0.1) is 0 Å². The Morgan fingerprint density at radius 1 is 1.11 bits per heavy atom. The van der Waals surface area contributed by atoms with E-state index in [4.69, 9.17) is 4.55 Å². The number of hydrogen-bond donors (Lipinski definition) is 1. The van der Waals surface area contributed by atoms with Crippen LogP contribution in [-0.4, -0.2) is 39.1 Å². The van der Waals surface area contributed by atoms with Gasteiger partial charge in [0.1, 0.15) is 4.90 Å². The van der Waals surface area contributed by atoms with E-state index in [1.165, 1.54) is 0 Å². The van der Waals surface area contributed by atoms with Crippen LogP contribution in [0.15, 0.2) is 23.1 Å². The number of rotatable bonds is 3. The molecule has 0 saturated carbocycles. The van der Waals surface area contributed by atoms with Gasteiger partial charge in [-0.3, -0.25) is 4.55 Å². The summed E-state index contributed by atoms with van der Waals surface area (Å²) >= 11 is 0. The molecule has 0 heterocycles. The molecule has 0 bridgehead atoms. The molecule has 98 valence electrons. The monoisotopic (exact) mass is 274 g/mol. The number of esters is 2. The number of ether oxygens (including phenoxy) is 2. The fourth-order valence-corrected chi connectivity index (χ4v) is 1.93. The second-order valence-electron chi connectivity index (χ2n) is 3.17. The highest BCUT2D eigenvalue weighted by Gasteiger charge is 2.23. The van der Waals surface area contributed by atoms with Gasteiger partial charge in [0.2, 0.25) is 0 Å². The first kappa shape index (κ1) is 14.1. The molecule has 0 radical (unpaired) electrons. The maximum absolute atomic E-state index is 11.4. The molecular formula is C10H10O7S. The topological polar surface area (TPSA) is 107 Å². The molecule has 0 aliphatic heterocycles. The van der Waals surface area contributed by atoms with Crippen LogP contribution < -0.4 is 0 Å². The number of methoxy groups -OCH3 is 2. The molecule has 7 nitrogen and oxygen atoms in total. The third-order valence-electron chi connectivity index (χ3n) is 2.08. The molecule has 0 aromatic heterocycles. The van der Waals surface area contributed by atoms with Gasteiger partial charge in [-0.2, -0.15) is 8.42 Å². The fourth-order valence-electron chi connectivity index (χ4n) is 1.27. The summed E-state index contributed by atoms with van der Waals surface area (Å²) in [4.78, 5) is 22.0. The number of hydrogen-bond acceptors (Lipinski definition) is 6. The molecule has 0 amide bonds. The summed E-state index contributed by atoms with van der Waals surface area (Å²) in [7, 11) is -2.41. The summed E-state index contributed by atoms with van der Waals surface area (Å²) in [6.07, 6.45) is 0. The van der Waals surface area contributed by atoms with Crippen molar-refractivity contribution in [2.24, 2.45) is 0 Å². The van der Waals surface area contributed by atoms with Crippen LogP contribution in [0.5, 0.6) is 0 Å². The summed E-state index contributed by atoms with van der Waals surface area (Å²) in [5, 5.41) is 0. The largest absolute Gasteiger partial charge is 0.465 e. The SMILES string of the molecule is COC(=O)c1ccc(S(=O)(=O)O)c(C(=O)OC)c1. The van der Waals surface area contributed by atoms with E-state index in [0.29, 0.717) is 0 Å². The minimum atomic E-state index is -4.59. The summed E-state index contributed by atoms with van der Waals surface area (Å²) in [5.74, 6) is -1.74. The molecule has 0 atom stereocenters. The molecular weight excluding hydrogens is 264 g/mol. The molecule has 0 aliphatic rings. The molecule has 1 rings (SSSR count). The van der Waals surface area contributed by atoms with E-state index in [1.807, 2.05) is 0 Å². The number of benzene rings is 1. The highest BCUT2D eigenvalue weighted by atomic mass is 32.2. The van der Waals surface area contributed by atoms with Gasteiger partial charge in [0.25, 0.3) is 10.1 Å². The Balaban J connectivity index is 3.49. The molecule has 0 saturated heterocycles. The lowest BCUT2D eigenvalue weighted by atomic mass is 10.1. The normalized spacial score (nSPS) is 10.8. The zero-order chi connectivity index (χ0) is 13.9. The van der Waals surface area contributed by atoms with Gasteiger partial charge in [-0.1, -0.05) is 0 Å². The first-order valence-corrected chi connectivity index (χ1v) is 6.03. The van der Waals surface area contributed by atoms with E-state index >= 15 is 0 Å². The lowest BCUT2D eigenvalue weighted by molar-refractivity contribution is 0.0595. The lowest BCUT2D eigenvalue weighted by Gasteiger charge is -2.07. The Bertz CT molecular complexity index is 588. The highest BCUT2D eigenvalue weighted by Crippen LogP contribution is 2.19. The van der Waals surface area contributed by atoms with E-state index in [1.54, 1.807) is 0 Å². The second kappa shape index (κ2) is 5.15. The van der Waals surface area contributed by atoms with Crippen LogP contribution in [0.1, 0.15) is 20.7 Å². The van der Waals surface area contributed by atoms with Crippen molar-refractivity contribution in [1.29, 1.82) is 0 Å². The van der Waals surface area contributed by atoms with Crippen molar-refractivity contribution in [3.8, 4) is 0 Å². The van der Waals surface area contributed by atoms with Gasteiger partial charge in [-0.25, -0.2) is 9.59 Å². The average molecular weight is 274 g/mol. The van der Waals surface area contributed by atoms with Gasteiger partial charge in [0.15, 0.2) is 0 Å². The average Bonchev–Trinajstić information content (AvgIpc) is 2.35. The summed E-state index contributed by atoms with van der Waals surface area (Å²) in [6.45, 7) is 0. The Morgan fingerprint density at radius 2 is 1.67 bits per heavy atom. The predicted octanol–water partition coefficient (Wildman–Crippen LogP) is 0.506. The molecule has 1 N–H and O–H groups in total. The molecule has 18 heavy (non-hydrogen) atoms. The van der Waals surface area contributed by atoms with Crippen LogP contribution in [0.3, 0.4) is 0 Å². The third kappa shape index (κ3) is 2.84. The zero-order valence-electron chi connectivity index (χ0n) is 9.54. The van der Waals surface area contributed by atoms with Crippen molar-refractivity contribution in [2.45, 2.75) is 4.90 Å². The van der Waals surface area contributed by atoms with E-state index in [-0.39, 0.29) is 5.56 Å². The minimum Gasteiger partial charge on any atom is -0.465 e. The predicted molar refractivity (Wildman–Crippen MR) is 58.9 cm³/mol. The van der Waals surface area contributed by atoms with Crippen molar-refractivity contribution in [3.63, 3.8) is 0 Å². The van der Waals surface area contributed by atoms with Crippen LogP contribution in [0.4, 0.5) is 0 Å². The number of carbonyl (C=O) groups is 2. The first-order valence-electron chi connectivity index (χ1n) is 4.59. The second-order valence-corrected chi connectivity index (χ2v) is 4.56. The molecule has 0 aliphatic carbocycles. The Labute approximate surface area is 103 Å². The van der Waals surface area contributed by atoms with Crippen LogP contribution in [0.2, 0.25) is 0 Å². The molecule has 1 aromatic carbocycles. The molecule has 8 heteroatoms. The quantitative estimate of drug-likeness (QED) is 0.631. The van der Waals surface area contributed by atoms with E-state index in [0.717, 1.165) is 32.4 Å². The van der Waals surface area contributed by atoms with Crippen molar-refractivity contribution < 1.29 is 32.0 Å². The van der Waals surface area contributed by atoms with E-state index in [2.05, 4.69) is 9.47 Å². The van der Waals surface area contributed by atoms with Crippen molar-refractivity contribution in [2.75, 3.05) is 14.2 Å². The summed E-state index contributed by atoms with van der Waals surface area (Å²) in [6, 6.07) is 3.01. The molecule has 0 unspecified atom stereocenters. The molecule has 0 spiro atoms. The Kier molecular flexibility index (Phi) is 4.04.